The van der Waals surface area contributed by atoms with Gasteiger partial charge in [-0.3, -0.25) is 4.99 Å². The van der Waals surface area contributed by atoms with Crippen LogP contribution in [0.5, 0.6) is 5.75 Å². The fourth-order valence-corrected chi connectivity index (χ4v) is 3.60. The number of hydrogen-bond acceptors (Lipinski definition) is 5. The van der Waals surface area contributed by atoms with E-state index in [0.717, 1.165) is 42.6 Å². The molecule has 0 bridgehead atoms. The first-order valence-corrected chi connectivity index (χ1v) is 11.1. The minimum absolute atomic E-state index is 0. The zero-order valence-corrected chi connectivity index (χ0v) is 21.7. The number of ether oxygens (including phenoxy) is 2. The molecule has 2 aromatic rings. The number of aryl methyl sites for hydroxylation is 1. The Bertz CT molecular complexity index is 856. The van der Waals surface area contributed by atoms with Crippen LogP contribution in [-0.4, -0.2) is 51.4 Å². The van der Waals surface area contributed by atoms with Crippen molar-refractivity contribution in [3.63, 3.8) is 0 Å². The average Bonchev–Trinajstić information content (AvgIpc) is 3.33. The minimum Gasteiger partial charge on any atom is -0.493 e. The number of methoxy groups -OCH3 is 1. The van der Waals surface area contributed by atoms with Gasteiger partial charge in [0.25, 0.3) is 0 Å². The molecular formula is C24H36IN5O2. The maximum atomic E-state index is 5.99. The Kier molecular flexibility index (Phi) is 11.6. The summed E-state index contributed by atoms with van der Waals surface area (Å²) < 4.78 is 11.1. The molecule has 7 nitrogen and oxygen atoms in total. The topological polar surface area (TPSA) is 71.0 Å². The smallest absolute Gasteiger partial charge is 0.191 e. The van der Waals surface area contributed by atoms with Gasteiger partial charge >= 0.3 is 0 Å². The van der Waals surface area contributed by atoms with Crippen LogP contribution in [-0.2, 0) is 17.8 Å². The van der Waals surface area contributed by atoms with Crippen LogP contribution in [0.3, 0.4) is 0 Å². The highest BCUT2D eigenvalue weighted by molar-refractivity contribution is 14.0. The lowest BCUT2D eigenvalue weighted by molar-refractivity contribution is 0.171. The van der Waals surface area contributed by atoms with Crippen molar-refractivity contribution in [1.82, 2.24) is 15.6 Å². The number of nitrogens with one attached hydrogen (secondary N) is 2. The predicted octanol–water partition coefficient (Wildman–Crippen LogP) is 3.89. The van der Waals surface area contributed by atoms with Gasteiger partial charge in [-0.1, -0.05) is 12.1 Å². The summed E-state index contributed by atoms with van der Waals surface area (Å²) in [6.45, 7) is 6.93. The van der Waals surface area contributed by atoms with Gasteiger partial charge in [0.1, 0.15) is 11.6 Å². The fraction of sp³-hybridized carbons (Fsp3) is 0.500. The molecule has 2 N–H and O–H groups in total. The molecule has 2 heterocycles. The van der Waals surface area contributed by atoms with Gasteiger partial charge in [0.2, 0.25) is 0 Å². The van der Waals surface area contributed by atoms with Crippen molar-refractivity contribution in [2.24, 2.45) is 4.99 Å². The molecule has 8 heteroatoms. The predicted molar refractivity (Wildman–Crippen MR) is 141 cm³/mol. The molecule has 1 aromatic heterocycles. The first kappa shape index (κ1) is 26.2. The van der Waals surface area contributed by atoms with Crippen LogP contribution in [0.15, 0.2) is 41.5 Å². The number of nitrogens with zero attached hydrogens (tertiary/aromatic N) is 3. The van der Waals surface area contributed by atoms with Crippen LogP contribution >= 0.6 is 24.0 Å². The molecule has 1 fully saturated rings. The first-order chi connectivity index (χ1) is 15.2. The minimum atomic E-state index is 0. The van der Waals surface area contributed by atoms with E-state index in [2.05, 4.69) is 56.7 Å². The number of benzene rings is 1. The van der Waals surface area contributed by atoms with Gasteiger partial charge in [0.05, 0.1) is 6.61 Å². The quantitative estimate of drug-likeness (QED) is 0.202. The molecule has 0 atom stereocenters. The lowest BCUT2D eigenvalue weighted by Gasteiger charge is -2.18. The zero-order chi connectivity index (χ0) is 21.9. The molecule has 3 rings (SSSR count). The number of hydrogen-bond donors (Lipinski definition) is 2. The molecule has 1 aromatic carbocycles. The van der Waals surface area contributed by atoms with Gasteiger partial charge < -0.3 is 25.0 Å². The summed E-state index contributed by atoms with van der Waals surface area (Å²) in [7, 11) is 3.49. The Hall–Kier alpha value is -2.07. The van der Waals surface area contributed by atoms with E-state index in [1.54, 1.807) is 14.2 Å². The van der Waals surface area contributed by atoms with Crippen molar-refractivity contribution >= 4 is 35.8 Å². The molecule has 0 spiro atoms. The highest BCUT2D eigenvalue weighted by atomic mass is 127. The number of pyridine rings is 1. The standard InChI is InChI=1S/C24H35N5O2.HI/c1-19-7-8-21(22(15-19)31-14-6-13-30-3)18-28-24(25-2)27-17-20-9-10-26-23(16-20)29-11-4-5-12-29;/h7-10,15-16H,4-6,11-14,17-18H2,1-3H3,(H2,25,27,28);1H. The summed E-state index contributed by atoms with van der Waals surface area (Å²) in [4.78, 5) is 11.2. The highest BCUT2D eigenvalue weighted by Gasteiger charge is 2.13. The van der Waals surface area contributed by atoms with E-state index in [1.165, 1.54) is 24.0 Å². The van der Waals surface area contributed by atoms with Crippen LogP contribution in [0.4, 0.5) is 5.82 Å². The fourth-order valence-electron chi connectivity index (χ4n) is 3.60. The SMILES string of the molecule is CN=C(NCc1ccnc(N2CCCC2)c1)NCc1ccc(C)cc1OCCCOC.I. The summed E-state index contributed by atoms with van der Waals surface area (Å²) in [5, 5.41) is 6.80. The molecular weight excluding hydrogens is 517 g/mol. The van der Waals surface area contributed by atoms with E-state index in [-0.39, 0.29) is 24.0 Å². The Labute approximate surface area is 209 Å². The lowest BCUT2D eigenvalue weighted by Crippen LogP contribution is -2.36. The first-order valence-electron chi connectivity index (χ1n) is 11.1. The van der Waals surface area contributed by atoms with Crippen molar-refractivity contribution in [3.8, 4) is 5.75 Å². The molecule has 0 amide bonds. The molecule has 0 saturated carbocycles. The number of rotatable bonds is 10. The third-order valence-corrected chi connectivity index (χ3v) is 5.34. The summed E-state index contributed by atoms with van der Waals surface area (Å²) in [5.74, 6) is 2.73. The molecule has 32 heavy (non-hydrogen) atoms. The average molecular weight is 553 g/mol. The summed E-state index contributed by atoms with van der Waals surface area (Å²) in [6, 6.07) is 10.5. The van der Waals surface area contributed by atoms with E-state index in [4.69, 9.17) is 9.47 Å². The number of anilines is 1. The van der Waals surface area contributed by atoms with Crippen LogP contribution in [0.1, 0.15) is 36.0 Å². The Morgan fingerprint density at radius 1 is 1.09 bits per heavy atom. The van der Waals surface area contributed by atoms with Crippen molar-refractivity contribution in [2.45, 2.75) is 39.3 Å². The molecule has 0 unspecified atom stereocenters. The van der Waals surface area contributed by atoms with E-state index < -0.39 is 0 Å². The van der Waals surface area contributed by atoms with Gasteiger partial charge in [0.15, 0.2) is 5.96 Å². The normalized spacial score (nSPS) is 13.6. The van der Waals surface area contributed by atoms with E-state index in [9.17, 15) is 0 Å². The Morgan fingerprint density at radius 3 is 2.62 bits per heavy atom. The van der Waals surface area contributed by atoms with Crippen molar-refractivity contribution in [2.75, 3.05) is 45.4 Å². The van der Waals surface area contributed by atoms with Crippen molar-refractivity contribution < 1.29 is 9.47 Å². The number of aromatic nitrogens is 1. The zero-order valence-electron chi connectivity index (χ0n) is 19.4. The molecule has 0 radical (unpaired) electrons. The van der Waals surface area contributed by atoms with Crippen LogP contribution in [0, 0.1) is 6.92 Å². The summed E-state index contributed by atoms with van der Waals surface area (Å²) >= 11 is 0. The molecule has 176 valence electrons. The molecule has 1 saturated heterocycles. The van der Waals surface area contributed by atoms with Gasteiger partial charge in [0, 0.05) is 65.1 Å². The van der Waals surface area contributed by atoms with E-state index >= 15 is 0 Å². The number of guanidine groups is 1. The molecule has 1 aliphatic heterocycles. The van der Waals surface area contributed by atoms with Crippen molar-refractivity contribution in [3.05, 3.63) is 53.2 Å². The van der Waals surface area contributed by atoms with Crippen LogP contribution < -0.4 is 20.3 Å². The molecule has 0 aliphatic carbocycles. The second-order valence-electron chi connectivity index (χ2n) is 7.80. The summed E-state index contributed by atoms with van der Waals surface area (Å²) in [6.07, 6.45) is 5.25. The third kappa shape index (κ3) is 8.12. The Balaban J connectivity index is 0.00000363. The number of halogens is 1. The van der Waals surface area contributed by atoms with Gasteiger partial charge in [-0.05, 0) is 49.1 Å². The van der Waals surface area contributed by atoms with Crippen LogP contribution in [0.25, 0.3) is 0 Å². The molecule has 1 aliphatic rings. The second-order valence-corrected chi connectivity index (χ2v) is 7.80. The van der Waals surface area contributed by atoms with Gasteiger partial charge in [-0.25, -0.2) is 4.98 Å². The maximum Gasteiger partial charge on any atom is 0.191 e. The van der Waals surface area contributed by atoms with Crippen molar-refractivity contribution in [1.29, 1.82) is 0 Å². The van der Waals surface area contributed by atoms with E-state index in [0.29, 0.717) is 26.3 Å². The second kappa shape index (κ2) is 14.2. The third-order valence-electron chi connectivity index (χ3n) is 5.34. The van der Waals surface area contributed by atoms with E-state index in [1.807, 2.05) is 12.3 Å². The van der Waals surface area contributed by atoms with Crippen LogP contribution in [0.2, 0.25) is 0 Å². The lowest BCUT2D eigenvalue weighted by atomic mass is 10.1. The summed E-state index contributed by atoms with van der Waals surface area (Å²) in [5.41, 5.74) is 3.48. The maximum absolute atomic E-state index is 5.99. The monoisotopic (exact) mass is 553 g/mol. The Morgan fingerprint density at radius 2 is 1.88 bits per heavy atom. The largest absolute Gasteiger partial charge is 0.493 e. The highest BCUT2D eigenvalue weighted by Crippen LogP contribution is 2.21. The number of aliphatic imine (C=N–C) groups is 1. The van der Waals surface area contributed by atoms with Gasteiger partial charge in [-0.15, -0.1) is 24.0 Å². The van der Waals surface area contributed by atoms with Gasteiger partial charge in [-0.2, -0.15) is 0 Å².